The van der Waals surface area contributed by atoms with Crippen LogP contribution >= 0.6 is 11.6 Å². The van der Waals surface area contributed by atoms with Crippen molar-refractivity contribution in [2.75, 3.05) is 26.7 Å². The van der Waals surface area contributed by atoms with Crippen LogP contribution in [0.25, 0.3) is 22.0 Å². The van der Waals surface area contributed by atoms with Gasteiger partial charge in [-0.1, -0.05) is 29.8 Å². The lowest BCUT2D eigenvalue weighted by Crippen LogP contribution is -2.47. The van der Waals surface area contributed by atoms with Crippen molar-refractivity contribution in [3.63, 3.8) is 0 Å². The van der Waals surface area contributed by atoms with Gasteiger partial charge in [-0.25, -0.2) is 4.39 Å². The van der Waals surface area contributed by atoms with Crippen molar-refractivity contribution in [1.82, 2.24) is 14.8 Å². The Morgan fingerprint density at radius 1 is 1.15 bits per heavy atom. The lowest BCUT2D eigenvalue weighted by molar-refractivity contribution is -0.134. The van der Waals surface area contributed by atoms with Gasteiger partial charge in [0.15, 0.2) is 0 Å². The van der Waals surface area contributed by atoms with Crippen LogP contribution in [0.3, 0.4) is 0 Å². The Kier molecular flexibility index (Phi) is 4.81. The van der Waals surface area contributed by atoms with Crippen molar-refractivity contribution < 1.29 is 9.18 Å². The molecule has 4 rings (SSSR count). The zero-order chi connectivity index (χ0) is 19.0. The van der Waals surface area contributed by atoms with Gasteiger partial charge in [0.25, 0.3) is 0 Å². The largest absolute Gasteiger partial charge is 0.343 e. The highest BCUT2D eigenvalue weighted by Crippen LogP contribution is 2.30. The third-order valence-electron chi connectivity index (χ3n) is 4.98. The second-order valence-corrected chi connectivity index (χ2v) is 7.27. The van der Waals surface area contributed by atoms with E-state index in [0.717, 1.165) is 28.6 Å². The van der Waals surface area contributed by atoms with Crippen LogP contribution < -0.4 is 0 Å². The molecule has 0 atom stereocenters. The minimum atomic E-state index is -0.285. The number of pyridine rings is 1. The number of piperazine rings is 1. The molecule has 0 radical (unpaired) electrons. The Hall–Kier alpha value is -2.50. The molecule has 4 nitrogen and oxygen atoms in total. The van der Waals surface area contributed by atoms with E-state index in [1.807, 2.05) is 29.2 Å². The van der Waals surface area contributed by atoms with Gasteiger partial charge in [-0.2, -0.15) is 0 Å². The molecule has 2 heterocycles. The molecule has 0 spiro atoms. The zero-order valence-electron chi connectivity index (χ0n) is 15.0. The fourth-order valence-corrected chi connectivity index (χ4v) is 3.58. The van der Waals surface area contributed by atoms with E-state index < -0.39 is 0 Å². The molecule has 0 aliphatic carbocycles. The minimum Gasteiger partial charge on any atom is -0.343 e. The van der Waals surface area contributed by atoms with E-state index in [2.05, 4.69) is 4.98 Å². The van der Waals surface area contributed by atoms with Crippen LogP contribution in [0.5, 0.6) is 0 Å². The summed E-state index contributed by atoms with van der Waals surface area (Å²) in [5.74, 6) is -0.188. The standard InChI is InChI=1S/C21H19ClFN3O/c1-25-8-9-26(13-21(25)27)12-14-2-4-16(19(23)10-14)15-3-5-20-17(11-15)18(22)6-7-24-20/h2-7,10-11H,8-9,12-13H2,1H3. The summed E-state index contributed by atoms with van der Waals surface area (Å²) < 4.78 is 14.8. The van der Waals surface area contributed by atoms with Gasteiger partial charge in [0, 0.05) is 43.8 Å². The maximum Gasteiger partial charge on any atom is 0.236 e. The van der Waals surface area contributed by atoms with Crippen LogP contribution in [-0.2, 0) is 11.3 Å². The van der Waals surface area contributed by atoms with Gasteiger partial charge in [-0.15, -0.1) is 0 Å². The Bertz CT molecular complexity index is 1020. The fourth-order valence-electron chi connectivity index (χ4n) is 3.37. The molecule has 6 heteroatoms. The zero-order valence-corrected chi connectivity index (χ0v) is 15.7. The maximum absolute atomic E-state index is 14.8. The SMILES string of the molecule is CN1CCN(Cc2ccc(-c3ccc4nccc(Cl)c4c3)c(F)c2)CC1=O. The normalized spacial score (nSPS) is 15.5. The molecule has 1 aliphatic heterocycles. The summed E-state index contributed by atoms with van der Waals surface area (Å²) >= 11 is 6.24. The van der Waals surface area contributed by atoms with E-state index in [1.54, 1.807) is 36.3 Å². The monoisotopic (exact) mass is 383 g/mol. The van der Waals surface area contributed by atoms with Crippen LogP contribution in [0.2, 0.25) is 5.02 Å². The van der Waals surface area contributed by atoms with Crippen molar-refractivity contribution in [1.29, 1.82) is 0 Å². The molecule has 0 N–H and O–H groups in total. The van der Waals surface area contributed by atoms with Crippen LogP contribution in [0.15, 0.2) is 48.7 Å². The predicted octanol–water partition coefficient (Wildman–Crippen LogP) is 3.97. The molecule has 3 aromatic rings. The molecule has 27 heavy (non-hydrogen) atoms. The van der Waals surface area contributed by atoms with Gasteiger partial charge in [-0.3, -0.25) is 14.7 Å². The molecule has 2 aromatic carbocycles. The molecular weight excluding hydrogens is 365 g/mol. The summed E-state index contributed by atoms with van der Waals surface area (Å²) in [7, 11) is 1.81. The number of carbonyl (C=O) groups excluding carboxylic acids is 1. The van der Waals surface area contributed by atoms with Gasteiger partial charge in [0.1, 0.15) is 5.82 Å². The number of nitrogens with zero attached hydrogens (tertiary/aromatic N) is 3. The first-order valence-corrected chi connectivity index (χ1v) is 9.18. The molecule has 1 fully saturated rings. The smallest absolute Gasteiger partial charge is 0.236 e. The summed E-state index contributed by atoms with van der Waals surface area (Å²) in [4.78, 5) is 19.9. The van der Waals surface area contributed by atoms with Gasteiger partial charge in [-0.05, 0) is 35.4 Å². The van der Waals surface area contributed by atoms with Crippen LogP contribution in [-0.4, -0.2) is 47.4 Å². The summed E-state index contributed by atoms with van der Waals surface area (Å²) in [6.07, 6.45) is 1.66. The molecule has 1 amide bonds. The Labute approximate surface area is 162 Å². The maximum atomic E-state index is 14.8. The van der Waals surface area contributed by atoms with Crippen LogP contribution in [0, 0.1) is 5.82 Å². The Morgan fingerprint density at radius 2 is 2.00 bits per heavy atom. The van der Waals surface area contributed by atoms with E-state index in [9.17, 15) is 9.18 Å². The number of rotatable bonds is 3. The van der Waals surface area contributed by atoms with Crippen LogP contribution in [0.1, 0.15) is 5.56 Å². The number of benzene rings is 2. The highest BCUT2D eigenvalue weighted by Gasteiger charge is 2.21. The summed E-state index contributed by atoms with van der Waals surface area (Å²) in [6, 6.07) is 12.5. The molecule has 0 saturated carbocycles. The number of halogens is 2. The average molecular weight is 384 g/mol. The first-order chi connectivity index (χ1) is 13.0. The summed E-state index contributed by atoms with van der Waals surface area (Å²) in [5.41, 5.74) is 2.92. The summed E-state index contributed by atoms with van der Waals surface area (Å²) in [6.45, 7) is 2.42. The van der Waals surface area contributed by atoms with E-state index in [1.165, 1.54) is 0 Å². The number of amides is 1. The van der Waals surface area contributed by atoms with Gasteiger partial charge >= 0.3 is 0 Å². The highest BCUT2D eigenvalue weighted by molar-refractivity contribution is 6.35. The molecule has 0 bridgehead atoms. The molecule has 1 saturated heterocycles. The third-order valence-corrected chi connectivity index (χ3v) is 5.30. The first kappa shape index (κ1) is 17.9. The van der Waals surface area contributed by atoms with E-state index in [4.69, 9.17) is 11.6 Å². The minimum absolute atomic E-state index is 0.0972. The summed E-state index contributed by atoms with van der Waals surface area (Å²) in [5, 5.41) is 1.40. The lowest BCUT2D eigenvalue weighted by Gasteiger charge is -2.31. The number of hydrogen-bond acceptors (Lipinski definition) is 3. The quantitative estimate of drug-likeness (QED) is 0.686. The van der Waals surface area contributed by atoms with Crippen molar-refractivity contribution in [3.8, 4) is 11.1 Å². The number of fused-ring (bicyclic) bond motifs is 1. The highest BCUT2D eigenvalue weighted by atomic mass is 35.5. The van der Waals surface area contributed by atoms with E-state index in [0.29, 0.717) is 30.2 Å². The van der Waals surface area contributed by atoms with Gasteiger partial charge < -0.3 is 4.90 Å². The first-order valence-electron chi connectivity index (χ1n) is 8.80. The molecule has 1 aromatic heterocycles. The van der Waals surface area contributed by atoms with Crippen LogP contribution in [0.4, 0.5) is 4.39 Å². The lowest BCUT2D eigenvalue weighted by atomic mass is 10.0. The molecule has 0 unspecified atom stereocenters. The topological polar surface area (TPSA) is 36.4 Å². The van der Waals surface area contributed by atoms with E-state index in [-0.39, 0.29) is 11.7 Å². The second-order valence-electron chi connectivity index (χ2n) is 6.86. The predicted molar refractivity (Wildman–Crippen MR) is 105 cm³/mol. The molecule has 138 valence electrons. The Morgan fingerprint density at radius 3 is 2.78 bits per heavy atom. The average Bonchev–Trinajstić information content (AvgIpc) is 2.65. The van der Waals surface area contributed by atoms with Crippen molar-refractivity contribution in [2.24, 2.45) is 0 Å². The fraction of sp³-hybridized carbons (Fsp3) is 0.238. The van der Waals surface area contributed by atoms with Crippen molar-refractivity contribution >= 4 is 28.4 Å². The number of aromatic nitrogens is 1. The third kappa shape index (κ3) is 3.66. The number of hydrogen-bond donors (Lipinski definition) is 0. The molecule has 1 aliphatic rings. The number of carbonyl (C=O) groups is 1. The molecular formula is C21H19ClFN3O. The van der Waals surface area contributed by atoms with Crippen molar-refractivity contribution in [3.05, 3.63) is 65.1 Å². The second kappa shape index (κ2) is 7.25. The van der Waals surface area contributed by atoms with Crippen molar-refractivity contribution in [2.45, 2.75) is 6.54 Å². The Balaban J connectivity index is 1.59. The number of likely N-dealkylation sites (N-methyl/N-ethyl adjacent to an activating group) is 1. The van der Waals surface area contributed by atoms with Gasteiger partial charge in [0.2, 0.25) is 5.91 Å². The van der Waals surface area contributed by atoms with E-state index >= 15 is 0 Å². The van der Waals surface area contributed by atoms with Gasteiger partial charge in [0.05, 0.1) is 17.1 Å².